The topological polar surface area (TPSA) is 105 Å². The van der Waals surface area contributed by atoms with E-state index in [9.17, 15) is 0 Å². The van der Waals surface area contributed by atoms with Gasteiger partial charge in [-0.15, -0.1) is 0 Å². The third kappa shape index (κ3) is 2.92. The first-order valence-corrected chi connectivity index (χ1v) is 10.0. The lowest BCUT2D eigenvalue weighted by molar-refractivity contribution is 0.264. The van der Waals surface area contributed by atoms with Crippen LogP contribution in [0.25, 0.3) is 11.1 Å². The van der Waals surface area contributed by atoms with Crippen molar-refractivity contribution in [3.05, 3.63) is 90.6 Å². The number of nitrogens with two attached hydrogens (primary N) is 1. The van der Waals surface area contributed by atoms with E-state index in [2.05, 4.69) is 15.0 Å². The van der Waals surface area contributed by atoms with Crippen molar-refractivity contribution >= 4 is 6.02 Å². The zero-order valence-electron chi connectivity index (χ0n) is 16.8. The van der Waals surface area contributed by atoms with E-state index in [1.165, 1.54) is 6.33 Å². The van der Waals surface area contributed by atoms with E-state index in [0.717, 1.165) is 22.3 Å². The second-order valence-corrected chi connectivity index (χ2v) is 7.47. The van der Waals surface area contributed by atoms with Gasteiger partial charge in [0.15, 0.2) is 5.54 Å². The second kappa shape index (κ2) is 7.05. The van der Waals surface area contributed by atoms with Crippen LogP contribution >= 0.6 is 0 Å². The summed E-state index contributed by atoms with van der Waals surface area (Å²) in [6, 6.07) is 17.1. The van der Waals surface area contributed by atoms with Gasteiger partial charge in [-0.25, -0.2) is 19.9 Å². The molecule has 4 aromatic rings. The van der Waals surface area contributed by atoms with Crippen molar-refractivity contribution in [2.45, 2.75) is 5.54 Å². The molecule has 2 aliphatic heterocycles. The Bertz CT molecular complexity index is 1340. The fourth-order valence-corrected chi connectivity index (χ4v) is 4.05. The molecule has 2 aromatic heterocycles. The lowest BCUT2D eigenvalue weighted by Crippen LogP contribution is -2.31. The summed E-state index contributed by atoms with van der Waals surface area (Å²) >= 11 is 0. The number of pyridine rings is 1. The van der Waals surface area contributed by atoms with Crippen LogP contribution < -0.4 is 15.2 Å². The lowest BCUT2D eigenvalue weighted by Gasteiger charge is -2.34. The molecule has 1 atom stereocenters. The molecule has 0 unspecified atom stereocenters. The van der Waals surface area contributed by atoms with Gasteiger partial charge in [0.2, 0.25) is 5.88 Å². The van der Waals surface area contributed by atoms with Crippen LogP contribution in [0.2, 0.25) is 0 Å². The molecule has 0 saturated heterocycles. The van der Waals surface area contributed by atoms with Crippen LogP contribution in [0.1, 0.15) is 11.1 Å². The fraction of sp³-hybridized carbons (Fsp3) is 0.0833. The first kappa shape index (κ1) is 18.3. The summed E-state index contributed by atoms with van der Waals surface area (Å²) in [6.45, 7) is 0.254. The molecule has 0 saturated carbocycles. The number of rotatable bonds is 3. The maximum absolute atomic E-state index is 6.23. The van der Waals surface area contributed by atoms with Gasteiger partial charge in [-0.1, -0.05) is 12.1 Å². The molecule has 6 rings (SSSR count). The highest BCUT2D eigenvalue weighted by Gasteiger charge is 2.47. The summed E-state index contributed by atoms with van der Waals surface area (Å²) in [4.78, 5) is 17.2. The van der Waals surface area contributed by atoms with E-state index in [-0.39, 0.29) is 12.6 Å². The number of amidine groups is 1. The van der Waals surface area contributed by atoms with Crippen LogP contribution in [-0.2, 0) is 10.3 Å². The molecule has 2 aliphatic rings. The summed E-state index contributed by atoms with van der Waals surface area (Å²) in [5, 5.41) is 0. The minimum absolute atomic E-state index is 0.133. The zero-order valence-corrected chi connectivity index (χ0v) is 16.8. The molecule has 0 bridgehead atoms. The van der Waals surface area contributed by atoms with Crippen LogP contribution in [0, 0.1) is 0 Å². The summed E-state index contributed by atoms with van der Waals surface area (Å²) in [6.07, 6.45) is 6.71. The highest BCUT2D eigenvalue weighted by molar-refractivity contribution is 5.78. The monoisotopic (exact) mass is 423 g/mol. The number of hydrogen-bond acceptors (Lipinski definition) is 8. The number of hydrogen-bond donors (Lipinski definition) is 1. The Morgan fingerprint density at radius 2 is 1.72 bits per heavy atom. The van der Waals surface area contributed by atoms with Crippen LogP contribution in [0.15, 0.2) is 84.5 Å². The van der Waals surface area contributed by atoms with Gasteiger partial charge < -0.3 is 19.9 Å². The van der Waals surface area contributed by atoms with Gasteiger partial charge in [0.1, 0.15) is 30.2 Å². The van der Waals surface area contributed by atoms with E-state index in [4.69, 9.17) is 24.9 Å². The first-order chi connectivity index (χ1) is 15.7. The SMILES string of the molecule is NC1=N[C@]2(CO1)c1cc(Oc3ccccn3)ccc1Oc1ccc(-c3cncnc3)cc12. The molecule has 1 spiro atoms. The Morgan fingerprint density at radius 1 is 0.906 bits per heavy atom. The van der Waals surface area contributed by atoms with E-state index in [1.54, 1.807) is 24.7 Å². The molecule has 2 aromatic carbocycles. The Kier molecular flexibility index (Phi) is 4.04. The van der Waals surface area contributed by atoms with Crippen molar-refractivity contribution in [2.75, 3.05) is 6.61 Å². The third-order valence-corrected chi connectivity index (χ3v) is 5.53. The predicted octanol–water partition coefficient (Wildman–Crippen LogP) is 4.03. The number of aromatic nitrogens is 3. The fourth-order valence-electron chi connectivity index (χ4n) is 4.05. The second-order valence-electron chi connectivity index (χ2n) is 7.47. The minimum atomic E-state index is -0.859. The molecule has 4 heterocycles. The maximum atomic E-state index is 6.23. The van der Waals surface area contributed by atoms with Gasteiger partial charge in [-0.3, -0.25) is 0 Å². The molecule has 8 heteroatoms. The number of ether oxygens (including phenoxy) is 3. The van der Waals surface area contributed by atoms with E-state index in [1.807, 2.05) is 48.5 Å². The number of nitrogens with zero attached hydrogens (tertiary/aromatic N) is 4. The Morgan fingerprint density at radius 3 is 2.47 bits per heavy atom. The highest BCUT2D eigenvalue weighted by atomic mass is 16.5. The van der Waals surface area contributed by atoms with Crippen LogP contribution in [0.5, 0.6) is 23.1 Å². The first-order valence-electron chi connectivity index (χ1n) is 10.0. The Hall–Kier alpha value is -4.46. The highest BCUT2D eigenvalue weighted by Crippen LogP contribution is 2.52. The number of aliphatic imine (C=N–C) groups is 1. The normalized spacial score (nSPS) is 18.2. The quantitative estimate of drug-likeness (QED) is 0.530. The van der Waals surface area contributed by atoms with Crippen molar-refractivity contribution in [3.8, 4) is 34.3 Å². The zero-order chi connectivity index (χ0) is 21.5. The van der Waals surface area contributed by atoms with Crippen molar-refractivity contribution in [1.82, 2.24) is 15.0 Å². The molecule has 0 aliphatic carbocycles. The van der Waals surface area contributed by atoms with Gasteiger partial charge in [0, 0.05) is 41.3 Å². The molecule has 8 nitrogen and oxygen atoms in total. The number of benzene rings is 2. The van der Waals surface area contributed by atoms with Gasteiger partial charge >= 0.3 is 0 Å². The van der Waals surface area contributed by atoms with E-state index in [0.29, 0.717) is 23.1 Å². The lowest BCUT2D eigenvalue weighted by atomic mass is 9.80. The average molecular weight is 423 g/mol. The van der Waals surface area contributed by atoms with Crippen LogP contribution in [0.3, 0.4) is 0 Å². The average Bonchev–Trinajstić information content (AvgIpc) is 3.23. The minimum Gasteiger partial charge on any atom is -0.462 e. The molecular weight excluding hydrogens is 406 g/mol. The van der Waals surface area contributed by atoms with Gasteiger partial charge in [0.05, 0.1) is 0 Å². The summed E-state index contributed by atoms with van der Waals surface area (Å²) < 4.78 is 17.8. The van der Waals surface area contributed by atoms with Gasteiger partial charge in [0.25, 0.3) is 6.02 Å². The van der Waals surface area contributed by atoms with E-state index < -0.39 is 5.54 Å². The Labute approximate surface area is 183 Å². The molecule has 156 valence electrons. The molecular formula is C24H17N5O3. The molecule has 32 heavy (non-hydrogen) atoms. The predicted molar refractivity (Wildman–Crippen MR) is 117 cm³/mol. The van der Waals surface area contributed by atoms with Gasteiger partial charge in [-0.2, -0.15) is 0 Å². The molecule has 0 fully saturated rings. The molecule has 2 N–H and O–H groups in total. The summed E-state index contributed by atoms with van der Waals surface area (Å²) in [7, 11) is 0. The standard InChI is InChI=1S/C24H17N5O3/c25-23-29-24(13-30-23)18-9-15(16-11-26-14-27-12-16)4-6-20(18)32-21-7-5-17(10-19(21)24)31-22-3-1-2-8-28-22/h1-12,14H,13H2,(H2,25,29)/t24-/m0/s1. The maximum Gasteiger partial charge on any atom is 0.283 e. The molecule has 0 amide bonds. The van der Waals surface area contributed by atoms with Crippen molar-refractivity contribution in [3.63, 3.8) is 0 Å². The molecule has 0 radical (unpaired) electrons. The number of fused-ring (bicyclic) bond motifs is 4. The van der Waals surface area contributed by atoms with Crippen molar-refractivity contribution < 1.29 is 14.2 Å². The van der Waals surface area contributed by atoms with E-state index >= 15 is 0 Å². The third-order valence-electron chi connectivity index (χ3n) is 5.53. The summed E-state index contributed by atoms with van der Waals surface area (Å²) in [5.74, 6) is 2.47. The Balaban J connectivity index is 1.49. The van der Waals surface area contributed by atoms with Crippen LogP contribution in [0.4, 0.5) is 0 Å². The largest absolute Gasteiger partial charge is 0.462 e. The summed E-state index contributed by atoms with van der Waals surface area (Å²) in [5.41, 5.74) is 8.62. The van der Waals surface area contributed by atoms with Gasteiger partial charge in [-0.05, 0) is 42.0 Å². The van der Waals surface area contributed by atoms with Crippen molar-refractivity contribution in [2.24, 2.45) is 10.7 Å². The van der Waals surface area contributed by atoms with Crippen molar-refractivity contribution in [1.29, 1.82) is 0 Å². The van der Waals surface area contributed by atoms with Crippen LogP contribution in [-0.4, -0.2) is 27.6 Å². The smallest absolute Gasteiger partial charge is 0.283 e.